The Labute approximate surface area is 120 Å². The quantitative estimate of drug-likeness (QED) is 0.739. The molecule has 1 N–H and O–H groups in total. The molecule has 0 bridgehead atoms. The summed E-state index contributed by atoms with van der Waals surface area (Å²) in [5, 5.41) is 11.5. The molecule has 0 saturated carbocycles. The van der Waals surface area contributed by atoms with E-state index in [0.29, 0.717) is 36.8 Å². The Bertz CT molecular complexity index is 447. The summed E-state index contributed by atoms with van der Waals surface area (Å²) >= 11 is 0. The normalized spacial score (nSPS) is 10.3. The Balaban J connectivity index is 2.15. The minimum atomic E-state index is -0.0708. The standard InChI is InChI=1S/C16H22N2O2/c1-13(2)4-3-10-20-11-9-16(19)18-15-7-5-14(12-17)6-8-15/h5-8,13H,3-4,9-11H2,1-2H3,(H,18,19). The molecule has 0 radical (unpaired) electrons. The predicted molar refractivity (Wildman–Crippen MR) is 79.3 cm³/mol. The number of hydrogen-bond donors (Lipinski definition) is 1. The van der Waals surface area contributed by atoms with E-state index < -0.39 is 0 Å². The van der Waals surface area contributed by atoms with Gasteiger partial charge in [-0.1, -0.05) is 13.8 Å². The third-order valence-electron chi connectivity index (χ3n) is 2.84. The molecule has 1 rings (SSSR count). The lowest BCUT2D eigenvalue weighted by molar-refractivity contribution is -0.117. The van der Waals surface area contributed by atoms with Gasteiger partial charge in [-0.15, -0.1) is 0 Å². The van der Waals surface area contributed by atoms with Crippen molar-refractivity contribution in [3.05, 3.63) is 29.8 Å². The summed E-state index contributed by atoms with van der Waals surface area (Å²) in [4.78, 5) is 11.7. The van der Waals surface area contributed by atoms with Crippen molar-refractivity contribution in [2.75, 3.05) is 18.5 Å². The summed E-state index contributed by atoms with van der Waals surface area (Å²) in [7, 11) is 0. The van der Waals surface area contributed by atoms with Gasteiger partial charge in [0.15, 0.2) is 0 Å². The van der Waals surface area contributed by atoms with Crippen LogP contribution in [0.15, 0.2) is 24.3 Å². The highest BCUT2D eigenvalue weighted by Gasteiger charge is 2.02. The molecule has 0 aliphatic rings. The van der Waals surface area contributed by atoms with Crippen LogP contribution in [-0.4, -0.2) is 19.1 Å². The number of amides is 1. The first-order valence-electron chi connectivity index (χ1n) is 6.99. The number of benzene rings is 1. The molecule has 0 aromatic heterocycles. The van der Waals surface area contributed by atoms with Gasteiger partial charge in [-0.25, -0.2) is 0 Å². The molecule has 1 amide bonds. The molecule has 0 atom stereocenters. The Morgan fingerprint density at radius 2 is 2.00 bits per heavy atom. The van der Waals surface area contributed by atoms with Crippen LogP contribution in [0.25, 0.3) is 0 Å². The highest BCUT2D eigenvalue weighted by atomic mass is 16.5. The molecular weight excluding hydrogens is 252 g/mol. The molecule has 108 valence electrons. The van der Waals surface area contributed by atoms with Crippen LogP contribution in [0, 0.1) is 17.2 Å². The Kier molecular flexibility index (Phi) is 7.38. The number of carbonyl (C=O) groups is 1. The van der Waals surface area contributed by atoms with Crippen LogP contribution in [0.1, 0.15) is 38.7 Å². The summed E-state index contributed by atoms with van der Waals surface area (Å²) in [5.74, 6) is 0.622. The van der Waals surface area contributed by atoms with Crippen molar-refractivity contribution in [2.24, 2.45) is 5.92 Å². The van der Waals surface area contributed by atoms with Gasteiger partial charge in [-0.3, -0.25) is 4.79 Å². The van der Waals surface area contributed by atoms with Crippen LogP contribution < -0.4 is 5.32 Å². The minimum Gasteiger partial charge on any atom is -0.381 e. The van der Waals surface area contributed by atoms with Gasteiger partial charge in [0, 0.05) is 12.3 Å². The lowest BCUT2D eigenvalue weighted by atomic mass is 10.1. The summed E-state index contributed by atoms with van der Waals surface area (Å²) in [6.07, 6.45) is 2.54. The minimum absolute atomic E-state index is 0.0708. The van der Waals surface area contributed by atoms with E-state index in [-0.39, 0.29) is 5.91 Å². The zero-order valence-corrected chi connectivity index (χ0v) is 12.2. The number of nitrogens with one attached hydrogen (secondary N) is 1. The largest absolute Gasteiger partial charge is 0.381 e. The predicted octanol–water partition coefficient (Wildman–Crippen LogP) is 3.34. The van der Waals surface area contributed by atoms with Crippen LogP contribution in [0.3, 0.4) is 0 Å². The van der Waals surface area contributed by atoms with Crippen molar-refractivity contribution in [1.82, 2.24) is 0 Å². The van der Waals surface area contributed by atoms with E-state index in [0.717, 1.165) is 12.8 Å². The monoisotopic (exact) mass is 274 g/mol. The average molecular weight is 274 g/mol. The number of nitrogens with zero attached hydrogens (tertiary/aromatic N) is 1. The fraction of sp³-hybridized carbons (Fsp3) is 0.500. The van der Waals surface area contributed by atoms with Crippen molar-refractivity contribution >= 4 is 11.6 Å². The van der Waals surface area contributed by atoms with E-state index in [9.17, 15) is 4.79 Å². The van der Waals surface area contributed by atoms with Gasteiger partial charge >= 0.3 is 0 Å². The number of rotatable bonds is 8. The van der Waals surface area contributed by atoms with Gasteiger partial charge in [-0.2, -0.15) is 5.26 Å². The van der Waals surface area contributed by atoms with Gasteiger partial charge in [0.1, 0.15) is 0 Å². The topological polar surface area (TPSA) is 62.1 Å². The van der Waals surface area contributed by atoms with Crippen LogP contribution in [0.4, 0.5) is 5.69 Å². The Morgan fingerprint density at radius 3 is 2.60 bits per heavy atom. The molecule has 0 spiro atoms. The average Bonchev–Trinajstić information content (AvgIpc) is 2.43. The molecule has 0 aliphatic carbocycles. The van der Waals surface area contributed by atoms with Crippen LogP contribution in [-0.2, 0) is 9.53 Å². The maximum Gasteiger partial charge on any atom is 0.226 e. The Hall–Kier alpha value is -1.86. The molecule has 0 saturated heterocycles. The van der Waals surface area contributed by atoms with Crippen LogP contribution >= 0.6 is 0 Å². The number of hydrogen-bond acceptors (Lipinski definition) is 3. The third kappa shape index (κ3) is 6.91. The second-order valence-electron chi connectivity index (χ2n) is 5.14. The van der Waals surface area contributed by atoms with Gasteiger partial charge in [-0.05, 0) is 43.0 Å². The number of ether oxygens (including phenoxy) is 1. The first-order valence-corrected chi connectivity index (χ1v) is 6.99. The van der Waals surface area contributed by atoms with Gasteiger partial charge in [0.25, 0.3) is 0 Å². The van der Waals surface area contributed by atoms with Crippen LogP contribution in [0.2, 0.25) is 0 Å². The zero-order chi connectivity index (χ0) is 14.8. The van der Waals surface area contributed by atoms with Crippen molar-refractivity contribution in [2.45, 2.75) is 33.1 Å². The van der Waals surface area contributed by atoms with Gasteiger partial charge in [0.05, 0.1) is 24.7 Å². The molecule has 4 heteroatoms. The SMILES string of the molecule is CC(C)CCCOCCC(=O)Nc1ccc(C#N)cc1. The summed E-state index contributed by atoms with van der Waals surface area (Å²) in [5.41, 5.74) is 1.28. The fourth-order valence-electron chi connectivity index (χ4n) is 1.71. The first kappa shape index (κ1) is 16.2. The van der Waals surface area contributed by atoms with Gasteiger partial charge in [0.2, 0.25) is 5.91 Å². The van der Waals surface area contributed by atoms with E-state index in [2.05, 4.69) is 19.2 Å². The molecular formula is C16H22N2O2. The van der Waals surface area contributed by atoms with E-state index in [1.807, 2.05) is 6.07 Å². The molecule has 4 nitrogen and oxygen atoms in total. The third-order valence-corrected chi connectivity index (χ3v) is 2.84. The molecule has 1 aromatic rings. The van der Waals surface area contributed by atoms with E-state index >= 15 is 0 Å². The summed E-state index contributed by atoms with van der Waals surface area (Å²) in [6, 6.07) is 8.84. The second-order valence-corrected chi connectivity index (χ2v) is 5.14. The molecule has 0 aliphatic heterocycles. The molecule has 0 fully saturated rings. The van der Waals surface area contributed by atoms with Crippen molar-refractivity contribution in [3.63, 3.8) is 0 Å². The number of nitriles is 1. The summed E-state index contributed by atoms with van der Waals surface area (Å²) < 4.78 is 5.43. The summed E-state index contributed by atoms with van der Waals surface area (Å²) in [6.45, 7) is 5.53. The maximum absolute atomic E-state index is 11.7. The van der Waals surface area contributed by atoms with E-state index in [4.69, 9.17) is 10.00 Å². The maximum atomic E-state index is 11.7. The molecule has 0 unspecified atom stereocenters. The fourth-order valence-corrected chi connectivity index (χ4v) is 1.71. The number of carbonyl (C=O) groups excluding carboxylic acids is 1. The smallest absolute Gasteiger partial charge is 0.226 e. The second kappa shape index (κ2) is 9.11. The zero-order valence-electron chi connectivity index (χ0n) is 12.2. The lowest BCUT2D eigenvalue weighted by Gasteiger charge is -2.07. The highest BCUT2D eigenvalue weighted by molar-refractivity contribution is 5.90. The van der Waals surface area contributed by atoms with Gasteiger partial charge < -0.3 is 10.1 Å². The molecule has 1 aromatic carbocycles. The molecule has 0 heterocycles. The highest BCUT2D eigenvalue weighted by Crippen LogP contribution is 2.09. The van der Waals surface area contributed by atoms with Crippen molar-refractivity contribution < 1.29 is 9.53 Å². The van der Waals surface area contributed by atoms with E-state index in [1.54, 1.807) is 24.3 Å². The Morgan fingerprint density at radius 1 is 1.30 bits per heavy atom. The van der Waals surface area contributed by atoms with E-state index in [1.165, 1.54) is 0 Å². The van der Waals surface area contributed by atoms with Crippen LogP contribution in [0.5, 0.6) is 0 Å². The number of anilines is 1. The lowest BCUT2D eigenvalue weighted by Crippen LogP contribution is -2.14. The van der Waals surface area contributed by atoms with Crippen molar-refractivity contribution in [3.8, 4) is 6.07 Å². The van der Waals surface area contributed by atoms with Crippen molar-refractivity contribution in [1.29, 1.82) is 5.26 Å². The first-order chi connectivity index (χ1) is 9.61. The molecule has 20 heavy (non-hydrogen) atoms.